The predicted molar refractivity (Wildman–Crippen MR) is 87.4 cm³/mol. The van der Waals surface area contributed by atoms with E-state index in [1.54, 1.807) is 7.11 Å². The Labute approximate surface area is 131 Å². The number of amides is 1. The molecule has 1 aliphatic heterocycles. The summed E-state index contributed by atoms with van der Waals surface area (Å²) in [5, 5.41) is 3.38. The molecule has 0 spiro atoms. The first kappa shape index (κ1) is 15.8. The third-order valence-corrected chi connectivity index (χ3v) is 4.20. The lowest BCUT2D eigenvalue weighted by atomic mass is 10.00. The molecule has 0 radical (unpaired) electrons. The molecule has 1 aromatic rings. The Balaban J connectivity index is 1.81. The van der Waals surface area contributed by atoms with Gasteiger partial charge in [0, 0.05) is 13.1 Å². The Kier molecular flexibility index (Phi) is 5.56. The van der Waals surface area contributed by atoms with Crippen LogP contribution in [0.15, 0.2) is 24.3 Å². The molecule has 1 aliphatic rings. The Morgan fingerprint density at radius 1 is 1.33 bits per heavy atom. The number of piperidine rings is 1. The maximum atomic E-state index is 12.0. The predicted octanol–water partition coefficient (Wildman–Crippen LogP) is 2.37. The Morgan fingerprint density at radius 2 is 1.95 bits per heavy atom. The second-order valence-corrected chi connectivity index (χ2v) is 5.93. The number of hydrogen-bond donors (Lipinski definition) is 1. The zero-order chi connectivity index (χ0) is 15.2. The number of nitrogens with zero attached hydrogens (tertiary/aromatic N) is 1. The molecule has 1 saturated heterocycles. The molecule has 114 valence electrons. The molecule has 0 atom stereocenters. The van der Waals surface area contributed by atoms with E-state index in [1.165, 1.54) is 0 Å². The lowest BCUT2D eigenvalue weighted by Gasteiger charge is -2.32. The molecule has 0 aliphatic carbocycles. The van der Waals surface area contributed by atoms with Crippen molar-refractivity contribution in [1.29, 1.82) is 0 Å². The number of carbonyl (C=O) groups excluding carboxylic acids is 1. The monoisotopic (exact) mass is 306 g/mol. The Hall–Kier alpha value is -1.62. The summed E-state index contributed by atoms with van der Waals surface area (Å²) in [6.45, 7) is 4.12. The number of benzene rings is 1. The van der Waals surface area contributed by atoms with E-state index in [-0.39, 0.29) is 5.91 Å². The third kappa shape index (κ3) is 4.70. The highest BCUT2D eigenvalue weighted by atomic mass is 32.1. The summed E-state index contributed by atoms with van der Waals surface area (Å²) in [6, 6.07) is 7.49. The van der Waals surface area contributed by atoms with Gasteiger partial charge in [-0.25, -0.2) is 0 Å². The van der Waals surface area contributed by atoms with Crippen LogP contribution in [-0.4, -0.2) is 36.1 Å². The van der Waals surface area contributed by atoms with Gasteiger partial charge in [-0.15, -0.1) is 0 Å². The lowest BCUT2D eigenvalue weighted by molar-refractivity contribution is -0.119. The normalized spacial score (nSPS) is 15.6. The molecule has 0 aromatic heterocycles. The number of ether oxygens (including phenoxy) is 1. The highest BCUT2D eigenvalue weighted by molar-refractivity contribution is 7.80. The number of likely N-dealkylation sites (tertiary alicyclic amines) is 1. The summed E-state index contributed by atoms with van der Waals surface area (Å²) in [7, 11) is 1.62. The van der Waals surface area contributed by atoms with Gasteiger partial charge in [-0.05, 0) is 48.7 Å². The van der Waals surface area contributed by atoms with Gasteiger partial charge < -0.3 is 15.0 Å². The number of methoxy groups -OCH3 is 1. The molecule has 0 saturated carbocycles. The molecule has 0 unspecified atom stereocenters. The molecule has 1 fully saturated rings. The second-order valence-electron chi connectivity index (χ2n) is 5.55. The van der Waals surface area contributed by atoms with Crippen LogP contribution in [0.4, 0.5) is 0 Å². The van der Waals surface area contributed by atoms with Crippen LogP contribution in [0.3, 0.4) is 0 Å². The highest BCUT2D eigenvalue weighted by Gasteiger charge is 2.19. The van der Waals surface area contributed by atoms with E-state index in [0.29, 0.717) is 11.5 Å². The second kappa shape index (κ2) is 7.41. The lowest BCUT2D eigenvalue weighted by Crippen LogP contribution is -2.46. The molecular formula is C16H22N2O2S. The number of rotatable bonds is 3. The topological polar surface area (TPSA) is 41.6 Å². The fraction of sp³-hybridized carbons (Fsp3) is 0.500. The number of hydrogen-bond acceptors (Lipinski definition) is 3. The molecule has 21 heavy (non-hydrogen) atoms. The van der Waals surface area contributed by atoms with Gasteiger partial charge in [0.1, 0.15) is 5.75 Å². The van der Waals surface area contributed by atoms with Gasteiger partial charge >= 0.3 is 0 Å². The molecule has 5 heteroatoms. The molecule has 1 amide bonds. The maximum absolute atomic E-state index is 12.0. The SMILES string of the molecule is COc1ccc(CC(=O)NC(=S)N2CCC(C)CC2)cc1. The fourth-order valence-corrected chi connectivity index (χ4v) is 2.68. The largest absolute Gasteiger partial charge is 0.497 e. The molecular weight excluding hydrogens is 284 g/mol. The summed E-state index contributed by atoms with van der Waals surface area (Å²) in [4.78, 5) is 14.1. The minimum atomic E-state index is -0.0659. The van der Waals surface area contributed by atoms with Gasteiger partial charge in [0.05, 0.1) is 13.5 Å². The van der Waals surface area contributed by atoms with E-state index >= 15 is 0 Å². The van der Waals surface area contributed by atoms with Gasteiger partial charge in [-0.2, -0.15) is 0 Å². The van der Waals surface area contributed by atoms with Crippen LogP contribution < -0.4 is 10.1 Å². The number of carbonyl (C=O) groups is 1. The molecule has 1 heterocycles. The fourth-order valence-electron chi connectivity index (χ4n) is 2.38. The molecule has 4 nitrogen and oxygen atoms in total. The average molecular weight is 306 g/mol. The Bertz CT molecular complexity index is 494. The minimum Gasteiger partial charge on any atom is -0.497 e. The molecule has 2 rings (SSSR count). The van der Waals surface area contributed by atoms with Crippen LogP contribution in [0.1, 0.15) is 25.3 Å². The van der Waals surface area contributed by atoms with Gasteiger partial charge in [0.15, 0.2) is 5.11 Å². The van der Waals surface area contributed by atoms with Crippen molar-refractivity contribution in [2.24, 2.45) is 5.92 Å². The van der Waals surface area contributed by atoms with E-state index in [2.05, 4.69) is 17.1 Å². The summed E-state index contributed by atoms with van der Waals surface area (Å²) < 4.78 is 5.10. The van der Waals surface area contributed by atoms with Gasteiger partial charge in [-0.1, -0.05) is 19.1 Å². The van der Waals surface area contributed by atoms with Crippen LogP contribution >= 0.6 is 12.2 Å². The molecule has 1 aromatic carbocycles. The van der Waals surface area contributed by atoms with Crippen molar-refractivity contribution in [2.45, 2.75) is 26.2 Å². The maximum Gasteiger partial charge on any atom is 0.230 e. The zero-order valence-electron chi connectivity index (χ0n) is 12.6. The first-order valence-electron chi connectivity index (χ1n) is 7.30. The van der Waals surface area contributed by atoms with Crippen molar-refractivity contribution in [3.63, 3.8) is 0 Å². The van der Waals surface area contributed by atoms with Crippen LogP contribution in [0.5, 0.6) is 5.75 Å². The van der Waals surface area contributed by atoms with Crippen molar-refractivity contribution in [2.75, 3.05) is 20.2 Å². The van der Waals surface area contributed by atoms with E-state index in [0.717, 1.165) is 43.2 Å². The van der Waals surface area contributed by atoms with Crippen molar-refractivity contribution >= 4 is 23.2 Å². The average Bonchev–Trinajstić information content (AvgIpc) is 2.48. The van der Waals surface area contributed by atoms with Gasteiger partial charge in [0.2, 0.25) is 5.91 Å². The van der Waals surface area contributed by atoms with Crippen molar-refractivity contribution in [3.05, 3.63) is 29.8 Å². The Morgan fingerprint density at radius 3 is 2.52 bits per heavy atom. The van der Waals surface area contributed by atoms with E-state index < -0.39 is 0 Å². The summed E-state index contributed by atoms with van der Waals surface area (Å²) in [5.41, 5.74) is 0.948. The van der Waals surface area contributed by atoms with Crippen LogP contribution in [0.25, 0.3) is 0 Å². The van der Waals surface area contributed by atoms with Crippen molar-refractivity contribution < 1.29 is 9.53 Å². The van der Waals surface area contributed by atoms with Crippen LogP contribution in [0, 0.1) is 5.92 Å². The third-order valence-electron chi connectivity index (χ3n) is 3.84. The van der Waals surface area contributed by atoms with Crippen LogP contribution in [0.2, 0.25) is 0 Å². The van der Waals surface area contributed by atoms with Gasteiger partial charge in [-0.3, -0.25) is 4.79 Å². The zero-order valence-corrected chi connectivity index (χ0v) is 13.4. The first-order valence-corrected chi connectivity index (χ1v) is 7.71. The van der Waals surface area contributed by atoms with E-state index in [1.807, 2.05) is 24.3 Å². The number of nitrogens with one attached hydrogen (secondary N) is 1. The smallest absolute Gasteiger partial charge is 0.230 e. The first-order chi connectivity index (χ1) is 10.1. The summed E-state index contributed by atoms with van der Waals surface area (Å²) in [6.07, 6.45) is 2.59. The van der Waals surface area contributed by atoms with Gasteiger partial charge in [0.25, 0.3) is 0 Å². The van der Waals surface area contributed by atoms with E-state index in [4.69, 9.17) is 17.0 Å². The van der Waals surface area contributed by atoms with E-state index in [9.17, 15) is 4.79 Å². The van der Waals surface area contributed by atoms with Crippen molar-refractivity contribution in [1.82, 2.24) is 10.2 Å². The number of thiocarbonyl (C=S) groups is 1. The summed E-state index contributed by atoms with van der Waals surface area (Å²) >= 11 is 5.32. The summed E-state index contributed by atoms with van der Waals surface area (Å²) in [5.74, 6) is 1.47. The quantitative estimate of drug-likeness (QED) is 0.871. The highest BCUT2D eigenvalue weighted by Crippen LogP contribution is 2.16. The minimum absolute atomic E-state index is 0.0659. The molecule has 1 N–H and O–H groups in total. The molecule has 0 bridgehead atoms. The standard InChI is InChI=1S/C16H22N2O2S/c1-12-7-9-18(10-8-12)16(21)17-15(19)11-13-3-5-14(20-2)6-4-13/h3-6,12H,7-11H2,1-2H3,(H,17,19,21). The van der Waals surface area contributed by atoms with Crippen LogP contribution in [-0.2, 0) is 11.2 Å². The van der Waals surface area contributed by atoms with Crippen molar-refractivity contribution in [3.8, 4) is 5.75 Å².